The molecule has 2 nitrogen and oxygen atoms in total. The summed E-state index contributed by atoms with van der Waals surface area (Å²) in [7, 11) is 1.85. The summed E-state index contributed by atoms with van der Waals surface area (Å²) in [5.41, 5.74) is 1.01. The van der Waals surface area contributed by atoms with Gasteiger partial charge >= 0.3 is 0 Å². The molecule has 0 saturated heterocycles. The molecule has 20 heavy (non-hydrogen) atoms. The average molecular weight is 298 g/mol. The van der Waals surface area contributed by atoms with Crippen LogP contribution < -0.4 is 10.1 Å². The smallest absolute Gasteiger partial charge is 0.162 e. The summed E-state index contributed by atoms with van der Waals surface area (Å²) >= 11 is 6.13. The molecular formula is C15H14ClF2NO. The van der Waals surface area contributed by atoms with Gasteiger partial charge in [-0.1, -0.05) is 17.7 Å². The minimum Gasteiger partial charge on any atom is -0.456 e. The van der Waals surface area contributed by atoms with Crippen LogP contribution in [0.25, 0.3) is 0 Å². The molecule has 0 fully saturated rings. The quantitative estimate of drug-likeness (QED) is 0.884. The van der Waals surface area contributed by atoms with E-state index >= 15 is 0 Å². The van der Waals surface area contributed by atoms with Crippen molar-refractivity contribution in [2.75, 3.05) is 7.05 Å². The number of ether oxygens (including phenoxy) is 1. The third-order valence-electron chi connectivity index (χ3n) is 3.01. The molecule has 0 aliphatic carbocycles. The Kier molecular flexibility index (Phi) is 4.57. The van der Waals surface area contributed by atoms with Crippen molar-refractivity contribution in [3.8, 4) is 11.5 Å². The van der Waals surface area contributed by atoms with Gasteiger partial charge in [-0.05, 0) is 43.8 Å². The summed E-state index contributed by atoms with van der Waals surface area (Å²) < 4.78 is 31.4. The van der Waals surface area contributed by atoms with Crippen molar-refractivity contribution in [2.45, 2.75) is 13.0 Å². The van der Waals surface area contributed by atoms with Gasteiger partial charge in [0.05, 0.1) is 5.02 Å². The van der Waals surface area contributed by atoms with Crippen LogP contribution in [0.4, 0.5) is 8.78 Å². The third kappa shape index (κ3) is 3.26. The Morgan fingerprint density at radius 1 is 1.10 bits per heavy atom. The second-order valence-electron chi connectivity index (χ2n) is 4.38. The summed E-state index contributed by atoms with van der Waals surface area (Å²) in [6.07, 6.45) is 0. The molecule has 0 amide bonds. The van der Waals surface area contributed by atoms with Crippen LogP contribution in [-0.2, 0) is 0 Å². The van der Waals surface area contributed by atoms with Crippen LogP contribution in [0.15, 0.2) is 36.4 Å². The number of rotatable bonds is 4. The molecule has 0 aliphatic heterocycles. The molecule has 1 unspecified atom stereocenters. The van der Waals surface area contributed by atoms with Crippen LogP contribution in [0.1, 0.15) is 18.5 Å². The van der Waals surface area contributed by atoms with E-state index in [-0.39, 0.29) is 11.8 Å². The van der Waals surface area contributed by atoms with Crippen LogP contribution in [0.3, 0.4) is 0 Å². The van der Waals surface area contributed by atoms with Gasteiger partial charge in [0.1, 0.15) is 11.5 Å². The summed E-state index contributed by atoms with van der Waals surface area (Å²) in [5, 5.41) is 3.51. The molecular weight excluding hydrogens is 284 g/mol. The van der Waals surface area contributed by atoms with Gasteiger partial charge in [0.15, 0.2) is 11.6 Å². The van der Waals surface area contributed by atoms with Crippen LogP contribution >= 0.6 is 11.6 Å². The minimum absolute atomic E-state index is 0.157. The Morgan fingerprint density at radius 2 is 1.85 bits per heavy atom. The van der Waals surface area contributed by atoms with Crippen molar-refractivity contribution in [1.82, 2.24) is 5.32 Å². The topological polar surface area (TPSA) is 21.3 Å². The van der Waals surface area contributed by atoms with Gasteiger partial charge in [0.25, 0.3) is 0 Å². The van der Waals surface area contributed by atoms with Crippen molar-refractivity contribution < 1.29 is 13.5 Å². The maximum Gasteiger partial charge on any atom is 0.162 e. The average Bonchev–Trinajstić information content (AvgIpc) is 2.44. The molecule has 0 aliphatic rings. The molecule has 0 bridgehead atoms. The van der Waals surface area contributed by atoms with E-state index < -0.39 is 11.6 Å². The zero-order chi connectivity index (χ0) is 14.7. The highest BCUT2D eigenvalue weighted by Crippen LogP contribution is 2.32. The Morgan fingerprint density at radius 3 is 2.45 bits per heavy atom. The molecule has 0 saturated carbocycles. The largest absolute Gasteiger partial charge is 0.456 e. The molecule has 2 rings (SSSR count). The predicted octanol–water partition coefficient (Wildman–Crippen LogP) is 4.69. The monoisotopic (exact) mass is 297 g/mol. The van der Waals surface area contributed by atoms with Crippen LogP contribution in [0.2, 0.25) is 5.02 Å². The zero-order valence-corrected chi connectivity index (χ0v) is 11.8. The Bertz CT molecular complexity index is 619. The van der Waals surface area contributed by atoms with Gasteiger partial charge in [-0.15, -0.1) is 0 Å². The molecule has 0 radical (unpaired) electrons. The van der Waals surface area contributed by atoms with Gasteiger partial charge in [0.2, 0.25) is 0 Å². The first kappa shape index (κ1) is 14.8. The van der Waals surface area contributed by atoms with Crippen molar-refractivity contribution in [1.29, 1.82) is 0 Å². The van der Waals surface area contributed by atoms with Crippen molar-refractivity contribution >= 4 is 11.6 Å². The first-order chi connectivity index (χ1) is 9.51. The molecule has 0 heterocycles. The van der Waals surface area contributed by atoms with E-state index in [1.807, 2.05) is 20.0 Å². The summed E-state index contributed by atoms with van der Waals surface area (Å²) in [6, 6.07) is 8.84. The van der Waals surface area contributed by atoms with Crippen molar-refractivity contribution in [3.05, 3.63) is 58.6 Å². The number of hydrogen-bond donors (Lipinski definition) is 1. The fourth-order valence-corrected chi connectivity index (χ4v) is 1.93. The summed E-state index contributed by atoms with van der Waals surface area (Å²) in [4.78, 5) is 0. The van der Waals surface area contributed by atoms with Crippen molar-refractivity contribution in [2.24, 2.45) is 0 Å². The molecule has 1 N–H and O–H groups in total. The summed E-state index contributed by atoms with van der Waals surface area (Å²) in [5.74, 6) is -1.29. The standard InChI is InChI=1S/C15H14ClF2NO/c1-9(19-2)10-3-6-15(12(16)7-10)20-11-4-5-13(17)14(18)8-11/h3-9,19H,1-2H3. The van der Waals surface area contributed by atoms with Gasteiger partial charge < -0.3 is 10.1 Å². The second kappa shape index (κ2) is 6.20. The van der Waals surface area contributed by atoms with E-state index in [9.17, 15) is 8.78 Å². The maximum absolute atomic E-state index is 13.1. The maximum atomic E-state index is 13.1. The number of halogens is 3. The lowest BCUT2D eigenvalue weighted by molar-refractivity contribution is 0.461. The normalized spacial score (nSPS) is 12.2. The predicted molar refractivity (Wildman–Crippen MR) is 75.4 cm³/mol. The third-order valence-corrected chi connectivity index (χ3v) is 3.30. The van der Waals surface area contributed by atoms with E-state index in [1.54, 1.807) is 12.1 Å². The lowest BCUT2D eigenvalue weighted by Crippen LogP contribution is -2.12. The minimum atomic E-state index is -0.959. The van der Waals surface area contributed by atoms with E-state index in [2.05, 4.69) is 5.32 Å². The lowest BCUT2D eigenvalue weighted by atomic mass is 10.1. The molecule has 2 aromatic carbocycles. The lowest BCUT2D eigenvalue weighted by Gasteiger charge is -2.13. The molecule has 1 atom stereocenters. The molecule has 106 valence electrons. The second-order valence-corrected chi connectivity index (χ2v) is 4.79. The number of hydrogen-bond acceptors (Lipinski definition) is 2. The summed E-state index contributed by atoms with van der Waals surface area (Å²) in [6.45, 7) is 2.00. The van der Waals surface area contributed by atoms with Crippen LogP contribution in [0.5, 0.6) is 11.5 Å². The number of benzene rings is 2. The molecule has 2 aromatic rings. The van der Waals surface area contributed by atoms with Crippen LogP contribution in [-0.4, -0.2) is 7.05 Å². The highest BCUT2D eigenvalue weighted by atomic mass is 35.5. The van der Waals surface area contributed by atoms with E-state index in [0.717, 1.165) is 17.7 Å². The fourth-order valence-electron chi connectivity index (χ4n) is 1.70. The molecule has 0 spiro atoms. The van der Waals surface area contributed by atoms with Gasteiger partial charge in [-0.3, -0.25) is 0 Å². The first-order valence-electron chi connectivity index (χ1n) is 6.11. The highest BCUT2D eigenvalue weighted by molar-refractivity contribution is 6.32. The fraction of sp³-hybridized carbons (Fsp3) is 0.200. The van der Waals surface area contributed by atoms with E-state index in [4.69, 9.17) is 16.3 Å². The molecule has 0 aromatic heterocycles. The van der Waals surface area contributed by atoms with E-state index in [0.29, 0.717) is 10.8 Å². The Labute approximate surface area is 121 Å². The van der Waals surface area contributed by atoms with Gasteiger partial charge in [0, 0.05) is 12.1 Å². The van der Waals surface area contributed by atoms with Gasteiger partial charge in [-0.25, -0.2) is 8.78 Å². The Hall–Kier alpha value is -1.65. The number of nitrogens with one attached hydrogen (secondary N) is 1. The van der Waals surface area contributed by atoms with Crippen molar-refractivity contribution in [3.63, 3.8) is 0 Å². The SMILES string of the molecule is CNC(C)c1ccc(Oc2ccc(F)c(F)c2)c(Cl)c1. The Balaban J connectivity index is 2.23. The first-order valence-corrected chi connectivity index (χ1v) is 6.48. The highest BCUT2D eigenvalue weighted by Gasteiger charge is 2.09. The zero-order valence-electron chi connectivity index (χ0n) is 11.1. The van der Waals surface area contributed by atoms with Crippen LogP contribution in [0, 0.1) is 11.6 Å². The van der Waals surface area contributed by atoms with Gasteiger partial charge in [-0.2, -0.15) is 0 Å². The van der Waals surface area contributed by atoms with E-state index in [1.165, 1.54) is 6.07 Å². The molecule has 5 heteroatoms.